The Morgan fingerprint density at radius 3 is 2.47 bits per heavy atom. The lowest BCUT2D eigenvalue weighted by molar-refractivity contribution is -0.131. The Kier molecular flexibility index (Phi) is 6.82. The fourth-order valence-electron chi connectivity index (χ4n) is 3.57. The molecule has 0 radical (unpaired) electrons. The molecule has 1 N–H and O–H groups in total. The molecule has 158 valence electrons. The number of hydrogen-bond donors (Lipinski definition) is 1. The van der Waals surface area contributed by atoms with Gasteiger partial charge >= 0.3 is 0 Å². The molecule has 1 aromatic heterocycles. The zero-order chi connectivity index (χ0) is 21.8. The molecule has 0 fully saturated rings. The van der Waals surface area contributed by atoms with E-state index in [-0.39, 0.29) is 24.1 Å². The number of rotatable bonds is 7. The SMILES string of the molecule is CCn1c(SCC(=O)N(C)CC(=O)Nc2c(C)cc(C)cc2C)nc2ccccc21. The quantitative estimate of drug-likeness (QED) is 0.578. The summed E-state index contributed by atoms with van der Waals surface area (Å²) < 4.78 is 2.10. The van der Waals surface area contributed by atoms with E-state index < -0.39 is 0 Å². The molecule has 7 heteroatoms. The molecule has 3 aromatic rings. The van der Waals surface area contributed by atoms with E-state index in [0.29, 0.717) is 0 Å². The van der Waals surface area contributed by atoms with Gasteiger partial charge < -0.3 is 14.8 Å². The highest BCUT2D eigenvalue weighted by Crippen LogP contribution is 2.24. The summed E-state index contributed by atoms with van der Waals surface area (Å²) >= 11 is 1.40. The summed E-state index contributed by atoms with van der Waals surface area (Å²) in [5.74, 6) is -0.0794. The van der Waals surface area contributed by atoms with Gasteiger partial charge in [-0.2, -0.15) is 0 Å². The number of hydrogen-bond acceptors (Lipinski definition) is 4. The molecule has 0 aliphatic heterocycles. The van der Waals surface area contributed by atoms with Gasteiger partial charge in [0.15, 0.2) is 5.16 Å². The van der Waals surface area contributed by atoms with E-state index >= 15 is 0 Å². The van der Waals surface area contributed by atoms with E-state index in [0.717, 1.165) is 45.1 Å². The maximum Gasteiger partial charge on any atom is 0.243 e. The van der Waals surface area contributed by atoms with Crippen LogP contribution in [-0.4, -0.2) is 45.6 Å². The maximum absolute atomic E-state index is 12.6. The standard InChI is InChI=1S/C23H28N4O2S/c1-6-27-19-10-8-7-9-18(19)24-23(27)30-14-21(29)26(5)13-20(28)25-22-16(3)11-15(2)12-17(22)4/h7-12H,6,13-14H2,1-5H3,(H,25,28). The number of carbonyl (C=O) groups is 2. The second kappa shape index (κ2) is 9.34. The van der Waals surface area contributed by atoms with Gasteiger partial charge in [-0.25, -0.2) is 4.98 Å². The van der Waals surface area contributed by atoms with Crippen LogP contribution in [0.2, 0.25) is 0 Å². The van der Waals surface area contributed by atoms with Crippen LogP contribution < -0.4 is 5.32 Å². The van der Waals surface area contributed by atoms with E-state index in [9.17, 15) is 9.59 Å². The van der Waals surface area contributed by atoms with Crippen molar-refractivity contribution in [1.82, 2.24) is 14.5 Å². The summed E-state index contributed by atoms with van der Waals surface area (Å²) in [6.07, 6.45) is 0. The predicted octanol–water partition coefficient (Wildman–Crippen LogP) is 4.17. The van der Waals surface area contributed by atoms with Crippen molar-refractivity contribution in [2.45, 2.75) is 39.4 Å². The summed E-state index contributed by atoms with van der Waals surface area (Å²) in [4.78, 5) is 31.2. The fraction of sp³-hybridized carbons (Fsp3) is 0.348. The minimum absolute atomic E-state index is 0.0103. The van der Waals surface area contributed by atoms with Crippen molar-refractivity contribution >= 4 is 40.3 Å². The van der Waals surface area contributed by atoms with E-state index in [1.807, 2.05) is 57.2 Å². The van der Waals surface area contributed by atoms with E-state index in [2.05, 4.69) is 21.8 Å². The normalized spacial score (nSPS) is 11.0. The van der Waals surface area contributed by atoms with Crippen LogP contribution in [0.1, 0.15) is 23.6 Å². The Morgan fingerprint density at radius 2 is 1.80 bits per heavy atom. The monoisotopic (exact) mass is 424 g/mol. The molecule has 0 spiro atoms. The first-order chi connectivity index (χ1) is 14.3. The number of amides is 2. The number of aryl methyl sites for hydroxylation is 4. The average Bonchev–Trinajstić information content (AvgIpc) is 3.06. The first kappa shape index (κ1) is 21.9. The van der Waals surface area contributed by atoms with Crippen molar-refractivity contribution in [3.63, 3.8) is 0 Å². The highest BCUT2D eigenvalue weighted by Gasteiger charge is 2.17. The minimum Gasteiger partial charge on any atom is -0.336 e. The van der Waals surface area contributed by atoms with E-state index in [1.165, 1.54) is 16.7 Å². The molecule has 0 aliphatic rings. The van der Waals surface area contributed by atoms with Gasteiger partial charge in [-0.1, -0.05) is 41.6 Å². The fourth-order valence-corrected chi connectivity index (χ4v) is 4.58. The summed E-state index contributed by atoms with van der Waals surface area (Å²) in [6, 6.07) is 12.0. The number of fused-ring (bicyclic) bond motifs is 1. The molecule has 2 amide bonds. The summed E-state index contributed by atoms with van der Waals surface area (Å²) in [6.45, 7) is 8.83. The average molecular weight is 425 g/mol. The molecule has 1 heterocycles. The van der Waals surface area contributed by atoms with Crippen LogP contribution in [0, 0.1) is 20.8 Å². The Morgan fingerprint density at radius 1 is 1.13 bits per heavy atom. The molecule has 0 bridgehead atoms. The zero-order valence-corrected chi connectivity index (χ0v) is 19.0. The topological polar surface area (TPSA) is 67.2 Å². The van der Waals surface area contributed by atoms with Crippen LogP contribution in [-0.2, 0) is 16.1 Å². The zero-order valence-electron chi connectivity index (χ0n) is 18.2. The number of likely N-dealkylation sites (N-methyl/N-ethyl adjacent to an activating group) is 1. The number of benzene rings is 2. The number of carbonyl (C=O) groups excluding carboxylic acids is 2. The molecule has 0 saturated carbocycles. The lowest BCUT2D eigenvalue weighted by Gasteiger charge is -2.18. The maximum atomic E-state index is 12.6. The van der Waals surface area contributed by atoms with E-state index in [4.69, 9.17) is 0 Å². The Balaban J connectivity index is 1.59. The van der Waals surface area contributed by atoms with Crippen molar-refractivity contribution in [2.24, 2.45) is 0 Å². The summed E-state index contributed by atoms with van der Waals surface area (Å²) in [5.41, 5.74) is 5.99. The molecule has 0 saturated heterocycles. The van der Waals surface area contributed by atoms with E-state index in [1.54, 1.807) is 7.05 Å². The minimum atomic E-state index is -0.202. The number of imidazole rings is 1. The Labute approximate surface area is 181 Å². The first-order valence-electron chi connectivity index (χ1n) is 10.00. The van der Waals surface area contributed by atoms with Crippen LogP contribution in [0.15, 0.2) is 41.6 Å². The van der Waals surface area contributed by atoms with Crippen molar-refractivity contribution in [2.75, 3.05) is 24.7 Å². The highest BCUT2D eigenvalue weighted by atomic mass is 32.2. The molecule has 2 aromatic carbocycles. The molecular formula is C23H28N4O2S. The molecule has 6 nitrogen and oxygen atoms in total. The van der Waals surface area contributed by atoms with Gasteiger partial charge in [0.1, 0.15) is 0 Å². The molecule has 0 unspecified atom stereocenters. The smallest absolute Gasteiger partial charge is 0.243 e. The van der Waals surface area contributed by atoms with Gasteiger partial charge in [-0.15, -0.1) is 0 Å². The van der Waals surface area contributed by atoms with Crippen LogP contribution in [0.4, 0.5) is 5.69 Å². The number of para-hydroxylation sites is 2. The van der Waals surface area contributed by atoms with Gasteiger partial charge in [0, 0.05) is 19.3 Å². The van der Waals surface area contributed by atoms with Crippen molar-refractivity contribution in [1.29, 1.82) is 0 Å². The lowest BCUT2D eigenvalue weighted by Crippen LogP contribution is -2.36. The predicted molar refractivity (Wildman–Crippen MR) is 123 cm³/mol. The number of nitrogens with one attached hydrogen (secondary N) is 1. The van der Waals surface area contributed by atoms with Crippen LogP contribution in [0.25, 0.3) is 11.0 Å². The van der Waals surface area contributed by atoms with Crippen molar-refractivity contribution < 1.29 is 9.59 Å². The largest absolute Gasteiger partial charge is 0.336 e. The van der Waals surface area contributed by atoms with Crippen LogP contribution in [0.5, 0.6) is 0 Å². The highest BCUT2D eigenvalue weighted by molar-refractivity contribution is 7.99. The third kappa shape index (κ3) is 4.84. The molecule has 3 rings (SSSR count). The van der Waals surface area contributed by atoms with Gasteiger partial charge in [0.25, 0.3) is 0 Å². The summed E-state index contributed by atoms with van der Waals surface area (Å²) in [5, 5.41) is 3.76. The number of aromatic nitrogens is 2. The number of anilines is 1. The summed E-state index contributed by atoms with van der Waals surface area (Å²) in [7, 11) is 1.65. The number of nitrogens with zero attached hydrogens (tertiary/aromatic N) is 3. The van der Waals surface area contributed by atoms with Crippen molar-refractivity contribution in [3.8, 4) is 0 Å². The third-order valence-corrected chi connectivity index (χ3v) is 5.97. The van der Waals surface area contributed by atoms with Gasteiger partial charge in [0.05, 0.1) is 23.3 Å². The molecular weight excluding hydrogens is 396 g/mol. The van der Waals surface area contributed by atoms with Gasteiger partial charge in [0.2, 0.25) is 11.8 Å². The third-order valence-electron chi connectivity index (χ3n) is 5.01. The molecule has 0 aliphatic carbocycles. The molecule has 30 heavy (non-hydrogen) atoms. The second-order valence-electron chi connectivity index (χ2n) is 7.49. The Bertz CT molecular complexity index is 1070. The number of thioether (sulfide) groups is 1. The van der Waals surface area contributed by atoms with Crippen LogP contribution >= 0.6 is 11.8 Å². The van der Waals surface area contributed by atoms with Gasteiger partial charge in [-0.3, -0.25) is 9.59 Å². The Hall–Kier alpha value is -2.80. The molecule has 0 atom stereocenters. The van der Waals surface area contributed by atoms with Gasteiger partial charge in [-0.05, 0) is 51.0 Å². The lowest BCUT2D eigenvalue weighted by atomic mass is 10.1. The van der Waals surface area contributed by atoms with Crippen molar-refractivity contribution in [3.05, 3.63) is 53.1 Å². The second-order valence-corrected chi connectivity index (χ2v) is 8.43. The van der Waals surface area contributed by atoms with Crippen LogP contribution in [0.3, 0.4) is 0 Å². The first-order valence-corrected chi connectivity index (χ1v) is 11.0.